The molecule has 4 N–H and O–H groups in total. The quantitative estimate of drug-likeness (QED) is 0.219. The molecule has 0 saturated heterocycles. The van der Waals surface area contributed by atoms with E-state index >= 15 is 0 Å². The zero-order valence-electron chi connectivity index (χ0n) is 23.7. The van der Waals surface area contributed by atoms with Gasteiger partial charge in [-0.15, -0.1) is 0 Å². The number of sulfonamides is 1. The van der Waals surface area contributed by atoms with Crippen molar-refractivity contribution in [2.75, 3.05) is 37.5 Å². The SMILES string of the molecule is CCS(=O)(=O)C[C@H](CNS(=O)(=O)CC(C)C)C(=O)OC(CNCc1cccc(OC)c1)C(N)Cc1ccccc1. The lowest BCUT2D eigenvalue weighted by Crippen LogP contribution is -2.48. The number of carbonyl (C=O) groups excluding carboxylic acids is 1. The predicted octanol–water partition coefficient (Wildman–Crippen LogP) is 1.89. The average Bonchev–Trinajstić information content (AvgIpc) is 2.90. The molecule has 2 rings (SSSR count). The number of hydrogen-bond acceptors (Lipinski definition) is 9. The van der Waals surface area contributed by atoms with E-state index in [1.165, 1.54) is 6.92 Å². The number of esters is 1. The van der Waals surface area contributed by atoms with Gasteiger partial charge in [-0.2, -0.15) is 0 Å². The van der Waals surface area contributed by atoms with Crippen molar-refractivity contribution in [3.63, 3.8) is 0 Å². The largest absolute Gasteiger partial charge is 0.497 e. The second-order valence-corrected chi connectivity index (χ2v) is 14.5. The Bertz CT molecular complexity index is 1270. The standard InChI is InChI=1S/C28H43N3O7S2/c1-5-39(33,34)20-24(17-31-40(35,36)19-21(2)3)28(32)38-27(26(29)15-22-10-7-6-8-11-22)18-30-16-23-12-9-13-25(14-23)37-4/h6-14,21,24,26-27,30-31H,5,15-20,29H2,1-4H3/t24-,26?,27?/m0/s1. The summed E-state index contributed by atoms with van der Waals surface area (Å²) >= 11 is 0. The van der Waals surface area contributed by atoms with Crippen LogP contribution in [0.4, 0.5) is 0 Å². The molecule has 0 saturated carbocycles. The molecule has 10 nitrogen and oxygen atoms in total. The maximum Gasteiger partial charge on any atom is 0.311 e. The third-order valence-corrected chi connectivity index (χ3v) is 9.70. The fourth-order valence-electron chi connectivity index (χ4n) is 4.04. The van der Waals surface area contributed by atoms with E-state index < -0.39 is 49.6 Å². The molecule has 0 aliphatic heterocycles. The molecule has 0 amide bonds. The molecule has 0 bridgehead atoms. The number of carbonyl (C=O) groups is 1. The summed E-state index contributed by atoms with van der Waals surface area (Å²) < 4.78 is 63.1. The van der Waals surface area contributed by atoms with Gasteiger partial charge in [-0.25, -0.2) is 21.6 Å². The van der Waals surface area contributed by atoms with Crippen molar-refractivity contribution in [1.82, 2.24) is 10.0 Å². The van der Waals surface area contributed by atoms with Crippen LogP contribution in [0.5, 0.6) is 5.75 Å². The Hall–Kier alpha value is -2.51. The smallest absolute Gasteiger partial charge is 0.311 e. The van der Waals surface area contributed by atoms with Gasteiger partial charge in [-0.1, -0.05) is 63.2 Å². The molecular formula is C28H43N3O7S2. The number of nitrogens with two attached hydrogens (primary N) is 1. The van der Waals surface area contributed by atoms with E-state index in [4.69, 9.17) is 15.2 Å². The van der Waals surface area contributed by atoms with E-state index in [0.29, 0.717) is 18.7 Å². The molecule has 2 aromatic carbocycles. The number of ether oxygens (including phenoxy) is 2. The van der Waals surface area contributed by atoms with Crippen molar-refractivity contribution in [3.8, 4) is 5.75 Å². The van der Waals surface area contributed by atoms with Gasteiger partial charge >= 0.3 is 5.97 Å². The van der Waals surface area contributed by atoms with Gasteiger partial charge in [-0.3, -0.25) is 4.79 Å². The highest BCUT2D eigenvalue weighted by Crippen LogP contribution is 2.14. The zero-order chi connectivity index (χ0) is 29.8. The van der Waals surface area contributed by atoms with Gasteiger partial charge in [-0.05, 0) is 35.6 Å². The Morgan fingerprint density at radius 3 is 2.25 bits per heavy atom. The van der Waals surface area contributed by atoms with Crippen molar-refractivity contribution < 1.29 is 31.1 Å². The maximum absolute atomic E-state index is 13.3. The first-order valence-electron chi connectivity index (χ1n) is 13.4. The summed E-state index contributed by atoms with van der Waals surface area (Å²) in [5.74, 6) is -2.34. The summed E-state index contributed by atoms with van der Waals surface area (Å²) in [5.41, 5.74) is 8.41. The molecule has 0 aliphatic carbocycles. The first-order chi connectivity index (χ1) is 18.8. The third-order valence-electron chi connectivity index (χ3n) is 6.20. The van der Waals surface area contributed by atoms with Gasteiger partial charge in [0.2, 0.25) is 10.0 Å². The minimum Gasteiger partial charge on any atom is -0.497 e. The Morgan fingerprint density at radius 2 is 1.62 bits per heavy atom. The van der Waals surface area contributed by atoms with E-state index in [1.807, 2.05) is 54.6 Å². The summed E-state index contributed by atoms with van der Waals surface area (Å²) in [6, 6.07) is 16.4. The van der Waals surface area contributed by atoms with E-state index in [1.54, 1.807) is 21.0 Å². The molecule has 2 aromatic rings. The lowest BCUT2D eigenvalue weighted by Gasteiger charge is -2.27. The number of benzene rings is 2. The van der Waals surface area contributed by atoms with E-state index in [2.05, 4.69) is 10.0 Å². The molecule has 40 heavy (non-hydrogen) atoms. The molecule has 0 heterocycles. The molecule has 0 radical (unpaired) electrons. The molecule has 0 spiro atoms. The van der Waals surface area contributed by atoms with Crippen LogP contribution in [0.2, 0.25) is 0 Å². The summed E-state index contributed by atoms with van der Waals surface area (Å²) in [4.78, 5) is 13.3. The molecule has 0 aliphatic rings. The normalized spacial score (nSPS) is 14.4. The van der Waals surface area contributed by atoms with Crippen molar-refractivity contribution in [2.24, 2.45) is 17.6 Å². The molecule has 0 fully saturated rings. The Morgan fingerprint density at radius 1 is 0.950 bits per heavy atom. The molecule has 3 atom stereocenters. The summed E-state index contributed by atoms with van der Waals surface area (Å²) in [5, 5.41) is 3.26. The molecule has 2 unspecified atom stereocenters. The fraction of sp³-hybridized carbons (Fsp3) is 0.536. The van der Waals surface area contributed by atoms with Crippen LogP contribution in [0, 0.1) is 11.8 Å². The second-order valence-electron chi connectivity index (χ2n) is 10.2. The van der Waals surface area contributed by atoms with E-state index in [9.17, 15) is 21.6 Å². The Kier molecular flexibility index (Phi) is 13.5. The van der Waals surface area contributed by atoms with Gasteiger partial charge in [0.15, 0.2) is 9.84 Å². The topological polar surface area (TPSA) is 154 Å². The van der Waals surface area contributed by atoms with Crippen LogP contribution in [-0.2, 0) is 42.4 Å². The number of sulfone groups is 1. The number of nitrogens with one attached hydrogen (secondary N) is 2. The van der Waals surface area contributed by atoms with Gasteiger partial charge < -0.3 is 20.5 Å². The highest BCUT2D eigenvalue weighted by atomic mass is 32.2. The van der Waals surface area contributed by atoms with Crippen molar-refractivity contribution in [2.45, 2.75) is 45.9 Å². The summed E-state index contributed by atoms with van der Waals surface area (Å²) in [6.45, 7) is 5.25. The monoisotopic (exact) mass is 597 g/mol. The first-order valence-corrected chi connectivity index (χ1v) is 16.8. The van der Waals surface area contributed by atoms with Crippen molar-refractivity contribution in [1.29, 1.82) is 0 Å². The maximum atomic E-state index is 13.3. The van der Waals surface area contributed by atoms with Crippen LogP contribution >= 0.6 is 0 Å². The minimum atomic E-state index is -3.71. The first kappa shape index (κ1) is 33.7. The Labute approximate surface area is 239 Å². The van der Waals surface area contributed by atoms with Gasteiger partial charge in [0.1, 0.15) is 11.9 Å². The lowest BCUT2D eigenvalue weighted by molar-refractivity contribution is -0.154. The minimum absolute atomic E-state index is 0.140. The van der Waals surface area contributed by atoms with Crippen LogP contribution in [0.3, 0.4) is 0 Å². The van der Waals surface area contributed by atoms with Crippen molar-refractivity contribution >= 4 is 25.8 Å². The number of hydrogen-bond donors (Lipinski definition) is 3. The lowest BCUT2D eigenvalue weighted by atomic mass is 10.0. The molecule has 0 aromatic heterocycles. The second kappa shape index (κ2) is 16.1. The average molecular weight is 598 g/mol. The highest BCUT2D eigenvalue weighted by molar-refractivity contribution is 7.91. The van der Waals surface area contributed by atoms with Crippen LogP contribution in [0.25, 0.3) is 0 Å². The third kappa shape index (κ3) is 12.3. The number of rotatable bonds is 18. The van der Waals surface area contributed by atoms with Crippen LogP contribution in [0.1, 0.15) is 31.9 Å². The van der Waals surface area contributed by atoms with E-state index in [0.717, 1.165) is 11.1 Å². The van der Waals surface area contributed by atoms with Crippen LogP contribution in [-0.4, -0.2) is 72.4 Å². The molecule has 12 heteroatoms. The zero-order valence-corrected chi connectivity index (χ0v) is 25.3. The highest BCUT2D eigenvalue weighted by Gasteiger charge is 2.31. The summed E-state index contributed by atoms with van der Waals surface area (Å²) in [6.07, 6.45) is -0.393. The van der Waals surface area contributed by atoms with Crippen molar-refractivity contribution in [3.05, 3.63) is 65.7 Å². The molecular weight excluding hydrogens is 554 g/mol. The van der Waals surface area contributed by atoms with Gasteiger partial charge in [0, 0.05) is 31.4 Å². The van der Waals surface area contributed by atoms with Crippen LogP contribution < -0.4 is 20.5 Å². The number of methoxy groups -OCH3 is 1. The van der Waals surface area contributed by atoms with Gasteiger partial charge in [0.25, 0.3) is 0 Å². The van der Waals surface area contributed by atoms with Crippen LogP contribution in [0.15, 0.2) is 54.6 Å². The summed E-state index contributed by atoms with van der Waals surface area (Å²) in [7, 11) is -5.73. The van der Waals surface area contributed by atoms with E-state index in [-0.39, 0.29) is 30.5 Å². The Balaban J connectivity index is 2.20. The van der Waals surface area contributed by atoms with Gasteiger partial charge in [0.05, 0.1) is 24.5 Å². The molecule has 224 valence electrons. The fourth-order valence-corrected chi connectivity index (χ4v) is 6.60. The predicted molar refractivity (Wildman–Crippen MR) is 157 cm³/mol.